The van der Waals surface area contributed by atoms with Gasteiger partial charge in [-0.05, 0) is 18.2 Å². The molecular weight excluding hydrogens is 252 g/mol. The van der Waals surface area contributed by atoms with Crippen molar-refractivity contribution in [3.63, 3.8) is 0 Å². The Morgan fingerprint density at radius 3 is 2.83 bits per heavy atom. The van der Waals surface area contributed by atoms with Gasteiger partial charge < -0.3 is 9.64 Å². The first-order valence-corrected chi connectivity index (χ1v) is 5.85. The fourth-order valence-corrected chi connectivity index (χ4v) is 1.81. The number of anilines is 1. The topological polar surface area (TPSA) is 53.3 Å². The Hall–Kier alpha value is -1.57. The second-order valence-electron chi connectivity index (χ2n) is 4.03. The number of carbonyl (C=O) groups excluding carboxylic acids is 1. The fourth-order valence-electron chi connectivity index (χ4n) is 1.65. The van der Waals surface area contributed by atoms with E-state index in [1.54, 1.807) is 39.3 Å². The SMILES string of the molecule is COCC(C)C(=O)N(C)c1cc(Cl)ccc1C#N. The molecule has 0 aliphatic heterocycles. The Morgan fingerprint density at radius 1 is 1.61 bits per heavy atom. The zero-order valence-electron chi connectivity index (χ0n) is 10.6. The van der Waals surface area contributed by atoms with Gasteiger partial charge in [-0.2, -0.15) is 5.26 Å². The lowest BCUT2D eigenvalue weighted by Crippen LogP contribution is -2.34. The summed E-state index contributed by atoms with van der Waals surface area (Å²) in [6.45, 7) is 2.12. The van der Waals surface area contributed by atoms with Gasteiger partial charge in [-0.15, -0.1) is 0 Å². The maximum atomic E-state index is 12.1. The quantitative estimate of drug-likeness (QED) is 0.841. The average Bonchev–Trinajstić information content (AvgIpc) is 2.37. The highest BCUT2D eigenvalue weighted by Gasteiger charge is 2.20. The van der Waals surface area contributed by atoms with E-state index in [0.29, 0.717) is 22.9 Å². The van der Waals surface area contributed by atoms with Crippen molar-refractivity contribution in [3.05, 3.63) is 28.8 Å². The number of rotatable bonds is 4. The van der Waals surface area contributed by atoms with Crippen LogP contribution in [0.1, 0.15) is 12.5 Å². The molecule has 1 aromatic rings. The Bertz CT molecular complexity index is 482. The maximum absolute atomic E-state index is 12.1. The van der Waals surface area contributed by atoms with Crippen LogP contribution in [0.2, 0.25) is 5.02 Å². The molecule has 0 aliphatic carbocycles. The van der Waals surface area contributed by atoms with Crippen LogP contribution in [-0.2, 0) is 9.53 Å². The number of carbonyl (C=O) groups is 1. The highest BCUT2D eigenvalue weighted by molar-refractivity contribution is 6.31. The molecule has 0 bridgehead atoms. The van der Waals surface area contributed by atoms with Crippen LogP contribution < -0.4 is 4.90 Å². The number of halogens is 1. The predicted octanol–water partition coefficient (Wildman–Crippen LogP) is 2.46. The molecule has 4 nitrogen and oxygen atoms in total. The molecule has 1 aromatic carbocycles. The summed E-state index contributed by atoms with van der Waals surface area (Å²) in [5.74, 6) is -0.388. The van der Waals surface area contributed by atoms with Gasteiger partial charge in [-0.1, -0.05) is 18.5 Å². The summed E-state index contributed by atoms with van der Waals surface area (Å²) in [7, 11) is 3.17. The molecule has 1 atom stereocenters. The number of nitrogens with zero attached hydrogens (tertiary/aromatic N) is 2. The van der Waals surface area contributed by atoms with E-state index in [9.17, 15) is 4.79 Å². The zero-order chi connectivity index (χ0) is 13.7. The monoisotopic (exact) mass is 266 g/mol. The predicted molar refractivity (Wildman–Crippen MR) is 70.6 cm³/mol. The van der Waals surface area contributed by atoms with Gasteiger partial charge in [0.15, 0.2) is 0 Å². The number of ether oxygens (including phenoxy) is 1. The molecule has 0 saturated heterocycles. The summed E-state index contributed by atoms with van der Waals surface area (Å²) >= 11 is 5.89. The molecule has 1 unspecified atom stereocenters. The van der Waals surface area contributed by atoms with Crippen molar-refractivity contribution in [2.24, 2.45) is 5.92 Å². The van der Waals surface area contributed by atoms with Crippen LogP contribution in [0.5, 0.6) is 0 Å². The van der Waals surface area contributed by atoms with Crippen molar-refractivity contribution < 1.29 is 9.53 Å². The summed E-state index contributed by atoms with van der Waals surface area (Å²) in [6.07, 6.45) is 0. The minimum absolute atomic E-state index is 0.115. The molecule has 18 heavy (non-hydrogen) atoms. The van der Waals surface area contributed by atoms with Crippen molar-refractivity contribution in [2.45, 2.75) is 6.92 Å². The third kappa shape index (κ3) is 3.22. The lowest BCUT2D eigenvalue weighted by Gasteiger charge is -2.22. The molecule has 5 heteroatoms. The van der Waals surface area contributed by atoms with E-state index < -0.39 is 0 Å². The van der Waals surface area contributed by atoms with E-state index in [1.807, 2.05) is 6.07 Å². The molecular formula is C13H15ClN2O2. The van der Waals surface area contributed by atoms with Crippen LogP contribution >= 0.6 is 11.6 Å². The van der Waals surface area contributed by atoms with Crippen molar-refractivity contribution in [3.8, 4) is 6.07 Å². The van der Waals surface area contributed by atoms with E-state index >= 15 is 0 Å². The van der Waals surface area contributed by atoms with E-state index in [-0.39, 0.29) is 11.8 Å². The van der Waals surface area contributed by atoms with E-state index in [2.05, 4.69) is 0 Å². The van der Waals surface area contributed by atoms with Crippen LogP contribution in [-0.4, -0.2) is 26.7 Å². The second-order valence-corrected chi connectivity index (χ2v) is 4.46. The van der Waals surface area contributed by atoms with E-state index in [0.717, 1.165) is 0 Å². The van der Waals surface area contributed by atoms with E-state index in [4.69, 9.17) is 21.6 Å². The average molecular weight is 267 g/mol. The first kappa shape index (κ1) is 14.5. The highest BCUT2D eigenvalue weighted by Crippen LogP contribution is 2.24. The summed E-state index contributed by atoms with van der Waals surface area (Å²) in [5, 5.41) is 9.52. The van der Waals surface area contributed by atoms with Crippen molar-refractivity contribution in [2.75, 3.05) is 25.7 Å². The van der Waals surface area contributed by atoms with Gasteiger partial charge in [0.1, 0.15) is 6.07 Å². The fraction of sp³-hybridized carbons (Fsp3) is 0.385. The molecule has 0 radical (unpaired) electrons. The molecule has 0 spiro atoms. The molecule has 1 rings (SSSR count). The standard InChI is InChI=1S/C13H15ClN2O2/c1-9(8-18-3)13(17)16(2)12-6-11(14)5-4-10(12)7-15/h4-6,9H,8H2,1-3H3. The van der Waals surface area contributed by atoms with Gasteiger partial charge in [0.25, 0.3) is 0 Å². The van der Waals surface area contributed by atoms with Crippen molar-refractivity contribution >= 4 is 23.2 Å². The van der Waals surface area contributed by atoms with Crippen LogP contribution in [0.25, 0.3) is 0 Å². The summed E-state index contributed by atoms with van der Waals surface area (Å²) in [5.41, 5.74) is 0.929. The molecule has 0 fully saturated rings. The third-order valence-electron chi connectivity index (χ3n) is 2.61. The normalized spacial score (nSPS) is 11.7. The van der Waals surface area contributed by atoms with E-state index in [1.165, 1.54) is 4.90 Å². The number of amides is 1. The zero-order valence-corrected chi connectivity index (χ0v) is 11.4. The Morgan fingerprint density at radius 2 is 2.28 bits per heavy atom. The second kappa shape index (κ2) is 6.39. The van der Waals surface area contributed by atoms with Gasteiger partial charge in [0.05, 0.1) is 23.8 Å². The Balaban J connectivity index is 3.03. The largest absolute Gasteiger partial charge is 0.384 e. The van der Waals surface area contributed by atoms with Gasteiger partial charge in [0.2, 0.25) is 5.91 Å². The Kier molecular flexibility index (Phi) is 5.14. The van der Waals surface area contributed by atoms with Crippen LogP contribution in [0.4, 0.5) is 5.69 Å². The molecule has 0 saturated carbocycles. The van der Waals surface area contributed by atoms with Gasteiger partial charge in [0, 0.05) is 19.2 Å². The smallest absolute Gasteiger partial charge is 0.231 e. The molecule has 0 heterocycles. The number of nitriles is 1. The first-order valence-electron chi connectivity index (χ1n) is 5.47. The highest BCUT2D eigenvalue weighted by atomic mass is 35.5. The molecule has 0 N–H and O–H groups in total. The lowest BCUT2D eigenvalue weighted by molar-refractivity contribution is -0.123. The van der Waals surface area contributed by atoms with Crippen LogP contribution in [0, 0.1) is 17.2 Å². The molecule has 0 aliphatic rings. The number of hydrogen-bond donors (Lipinski definition) is 0. The van der Waals surface area contributed by atoms with Gasteiger partial charge in [-0.3, -0.25) is 4.79 Å². The molecule has 96 valence electrons. The summed E-state index contributed by atoms with van der Waals surface area (Å²) < 4.78 is 4.95. The van der Waals surface area contributed by atoms with Crippen LogP contribution in [0.3, 0.4) is 0 Å². The minimum Gasteiger partial charge on any atom is -0.384 e. The summed E-state index contributed by atoms with van der Waals surface area (Å²) in [6, 6.07) is 6.88. The maximum Gasteiger partial charge on any atom is 0.231 e. The molecule has 0 aromatic heterocycles. The number of methoxy groups -OCH3 is 1. The minimum atomic E-state index is -0.273. The molecule has 1 amide bonds. The number of hydrogen-bond acceptors (Lipinski definition) is 3. The van der Waals surface area contributed by atoms with Crippen LogP contribution in [0.15, 0.2) is 18.2 Å². The third-order valence-corrected chi connectivity index (χ3v) is 2.85. The lowest BCUT2D eigenvalue weighted by atomic mass is 10.1. The van der Waals surface area contributed by atoms with Crippen molar-refractivity contribution in [1.29, 1.82) is 5.26 Å². The Labute approximate surface area is 112 Å². The summed E-state index contributed by atoms with van der Waals surface area (Å²) in [4.78, 5) is 13.5. The van der Waals surface area contributed by atoms with Gasteiger partial charge in [-0.25, -0.2) is 0 Å². The van der Waals surface area contributed by atoms with Crippen molar-refractivity contribution in [1.82, 2.24) is 0 Å². The first-order chi connectivity index (χ1) is 8.51. The van der Waals surface area contributed by atoms with Gasteiger partial charge >= 0.3 is 0 Å². The number of benzene rings is 1.